The zero-order chi connectivity index (χ0) is 10.7. The van der Waals surface area contributed by atoms with E-state index >= 15 is 0 Å². The minimum absolute atomic E-state index is 0.0880. The van der Waals surface area contributed by atoms with E-state index in [4.69, 9.17) is 16.3 Å². The van der Waals surface area contributed by atoms with Gasteiger partial charge in [-0.1, -0.05) is 11.6 Å². The number of aryl methyl sites for hydroxylation is 1. The Hall–Kier alpha value is -1.43. The van der Waals surface area contributed by atoms with E-state index in [1.807, 2.05) is 0 Å². The third kappa shape index (κ3) is 2.08. The number of nitrogens with zero attached hydrogens (tertiary/aromatic N) is 3. The van der Waals surface area contributed by atoms with Crippen LogP contribution in [0.2, 0.25) is 5.15 Å². The van der Waals surface area contributed by atoms with Gasteiger partial charge >= 0.3 is 5.69 Å². The smallest absolute Gasteiger partial charge is 0.367 e. The molecule has 0 aliphatic heterocycles. The molecule has 0 N–H and O–H groups in total. The van der Waals surface area contributed by atoms with Crippen LogP contribution in [0.4, 0.5) is 5.69 Å². The summed E-state index contributed by atoms with van der Waals surface area (Å²) in [7, 11) is 0. The molecule has 0 unspecified atom stereocenters. The highest BCUT2D eigenvalue weighted by molar-refractivity contribution is 6.31. The van der Waals surface area contributed by atoms with Crippen molar-refractivity contribution < 1.29 is 9.66 Å². The molecule has 0 atom stereocenters. The first kappa shape index (κ1) is 10.6. The van der Waals surface area contributed by atoms with Gasteiger partial charge in [-0.2, -0.15) is 4.98 Å². The van der Waals surface area contributed by atoms with E-state index in [-0.39, 0.29) is 23.3 Å². The first-order valence-electron chi connectivity index (χ1n) is 3.87. The summed E-state index contributed by atoms with van der Waals surface area (Å²) in [5, 5.41) is 10.4. The Labute approximate surface area is 85.0 Å². The molecule has 0 aromatic carbocycles. The van der Waals surface area contributed by atoms with Gasteiger partial charge in [0.1, 0.15) is 5.82 Å². The van der Waals surface area contributed by atoms with Crippen LogP contribution in [0.5, 0.6) is 5.88 Å². The highest BCUT2D eigenvalue weighted by atomic mass is 35.5. The molecule has 76 valence electrons. The Morgan fingerprint density at radius 3 is 2.71 bits per heavy atom. The van der Waals surface area contributed by atoms with Crippen molar-refractivity contribution >= 4 is 17.3 Å². The quantitative estimate of drug-likeness (QED) is 0.438. The number of ether oxygens (including phenoxy) is 1. The average Bonchev–Trinajstić information content (AvgIpc) is 2.01. The summed E-state index contributed by atoms with van der Waals surface area (Å²) >= 11 is 5.59. The van der Waals surface area contributed by atoms with Crippen LogP contribution in [0.15, 0.2) is 0 Å². The molecular formula is C7H8ClN3O3. The summed E-state index contributed by atoms with van der Waals surface area (Å²) in [6.07, 6.45) is 0. The van der Waals surface area contributed by atoms with Gasteiger partial charge in [-0.3, -0.25) is 10.1 Å². The van der Waals surface area contributed by atoms with Gasteiger partial charge in [0.15, 0.2) is 0 Å². The standard InChI is InChI=1S/C7H8ClN3O3/c1-3-14-7-5(11(12)13)6(8)9-4(2)10-7/h3H2,1-2H3. The van der Waals surface area contributed by atoms with E-state index in [0.29, 0.717) is 5.82 Å². The molecule has 0 aliphatic rings. The number of hydrogen-bond donors (Lipinski definition) is 0. The SMILES string of the molecule is CCOc1nc(C)nc(Cl)c1[N+](=O)[O-]. The summed E-state index contributed by atoms with van der Waals surface area (Å²) in [6.45, 7) is 3.57. The van der Waals surface area contributed by atoms with Gasteiger partial charge in [-0.25, -0.2) is 4.98 Å². The van der Waals surface area contributed by atoms with Crippen LogP contribution in [-0.2, 0) is 0 Å². The average molecular weight is 218 g/mol. The van der Waals surface area contributed by atoms with Crippen LogP contribution < -0.4 is 4.74 Å². The number of nitro groups is 1. The molecule has 7 heteroatoms. The number of rotatable bonds is 3. The van der Waals surface area contributed by atoms with Gasteiger partial charge in [-0.05, 0) is 13.8 Å². The van der Waals surface area contributed by atoms with Crippen LogP contribution in [0.3, 0.4) is 0 Å². The van der Waals surface area contributed by atoms with Crippen molar-refractivity contribution in [1.82, 2.24) is 9.97 Å². The molecule has 0 radical (unpaired) electrons. The van der Waals surface area contributed by atoms with Gasteiger partial charge in [-0.15, -0.1) is 0 Å². The van der Waals surface area contributed by atoms with Gasteiger partial charge in [0.25, 0.3) is 5.88 Å². The lowest BCUT2D eigenvalue weighted by Crippen LogP contribution is -2.03. The van der Waals surface area contributed by atoms with E-state index in [1.165, 1.54) is 0 Å². The zero-order valence-corrected chi connectivity index (χ0v) is 8.41. The Morgan fingerprint density at radius 2 is 2.21 bits per heavy atom. The lowest BCUT2D eigenvalue weighted by atomic mass is 10.5. The summed E-state index contributed by atoms with van der Waals surface area (Å²) in [5.41, 5.74) is -0.390. The van der Waals surface area contributed by atoms with E-state index < -0.39 is 4.92 Å². The van der Waals surface area contributed by atoms with Crippen molar-refractivity contribution in [2.45, 2.75) is 13.8 Å². The molecule has 0 amide bonds. The highest BCUT2D eigenvalue weighted by Gasteiger charge is 2.23. The molecule has 0 saturated heterocycles. The second-order valence-corrected chi connectivity index (χ2v) is 2.76. The van der Waals surface area contributed by atoms with Crippen LogP contribution in [0, 0.1) is 17.0 Å². The van der Waals surface area contributed by atoms with E-state index in [1.54, 1.807) is 13.8 Å². The van der Waals surface area contributed by atoms with E-state index in [9.17, 15) is 10.1 Å². The fraction of sp³-hybridized carbons (Fsp3) is 0.429. The fourth-order valence-corrected chi connectivity index (χ4v) is 1.17. The monoisotopic (exact) mass is 217 g/mol. The van der Waals surface area contributed by atoms with Gasteiger partial charge < -0.3 is 4.74 Å². The summed E-state index contributed by atoms with van der Waals surface area (Å²) in [6, 6.07) is 0. The maximum atomic E-state index is 10.6. The van der Waals surface area contributed by atoms with Crippen LogP contribution >= 0.6 is 11.6 Å². The lowest BCUT2D eigenvalue weighted by molar-refractivity contribution is -0.386. The molecular weight excluding hydrogens is 210 g/mol. The number of halogens is 1. The zero-order valence-electron chi connectivity index (χ0n) is 7.65. The van der Waals surface area contributed by atoms with Crippen molar-refractivity contribution in [2.75, 3.05) is 6.61 Å². The predicted molar refractivity (Wildman–Crippen MR) is 49.6 cm³/mol. The second-order valence-electron chi connectivity index (χ2n) is 2.41. The number of hydrogen-bond acceptors (Lipinski definition) is 5. The summed E-state index contributed by atoms with van der Waals surface area (Å²) in [4.78, 5) is 17.4. The Kier molecular flexibility index (Phi) is 3.19. The Bertz CT molecular complexity index is 369. The van der Waals surface area contributed by atoms with E-state index in [2.05, 4.69) is 9.97 Å². The largest absolute Gasteiger partial charge is 0.473 e. The minimum atomic E-state index is -0.660. The van der Waals surface area contributed by atoms with E-state index in [0.717, 1.165) is 0 Å². The number of aromatic nitrogens is 2. The third-order valence-corrected chi connectivity index (χ3v) is 1.65. The van der Waals surface area contributed by atoms with Crippen LogP contribution in [0.25, 0.3) is 0 Å². The molecule has 0 spiro atoms. The predicted octanol–water partition coefficient (Wildman–Crippen LogP) is 1.75. The summed E-state index contributed by atoms with van der Waals surface area (Å²) in [5.74, 6) is 0.249. The van der Waals surface area contributed by atoms with Crippen molar-refractivity contribution in [1.29, 1.82) is 0 Å². The molecule has 6 nitrogen and oxygen atoms in total. The Balaban J connectivity index is 3.28. The third-order valence-electron chi connectivity index (χ3n) is 1.38. The first-order valence-corrected chi connectivity index (χ1v) is 4.25. The minimum Gasteiger partial charge on any atom is -0.473 e. The molecule has 0 saturated carbocycles. The Morgan fingerprint density at radius 1 is 1.57 bits per heavy atom. The van der Waals surface area contributed by atoms with Gasteiger partial charge in [0.05, 0.1) is 11.5 Å². The molecule has 1 aromatic heterocycles. The lowest BCUT2D eigenvalue weighted by Gasteiger charge is -2.04. The molecule has 1 heterocycles. The van der Waals surface area contributed by atoms with Crippen molar-refractivity contribution in [3.63, 3.8) is 0 Å². The molecule has 1 aromatic rings. The van der Waals surface area contributed by atoms with Gasteiger partial charge in [0, 0.05) is 0 Å². The first-order chi connectivity index (χ1) is 6.56. The van der Waals surface area contributed by atoms with Crippen molar-refractivity contribution in [3.8, 4) is 5.88 Å². The topological polar surface area (TPSA) is 78.2 Å². The van der Waals surface area contributed by atoms with Crippen molar-refractivity contribution in [3.05, 3.63) is 21.1 Å². The summed E-state index contributed by atoms with van der Waals surface area (Å²) < 4.78 is 4.98. The van der Waals surface area contributed by atoms with Gasteiger partial charge in [0.2, 0.25) is 5.15 Å². The maximum Gasteiger partial charge on any atom is 0.367 e. The fourth-order valence-electron chi connectivity index (χ4n) is 0.899. The molecule has 0 aliphatic carbocycles. The normalized spacial score (nSPS) is 9.93. The molecule has 1 rings (SSSR count). The van der Waals surface area contributed by atoms with Crippen LogP contribution in [-0.4, -0.2) is 21.5 Å². The van der Waals surface area contributed by atoms with Crippen LogP contribution in [0.1, 0.15) is 12.7 Å². The molecule has 0 fully saturated rings. The molecule has 0 bridgehead atoms. The van der Waals surface area contributed by atoms with Crippen molar-refractivity contribution in [2.24, 2.45) is 0 Å². The molecule has 14 heavy (non-hydrogen) atoms. The highest BCUT2D eigenvalue weighted by Crippen LogP contribution is 2.30. The second kappa shape index (κ2) is 4.19. The maximum absolute atomic E-state index is 10.6.